The summed E-state index contributed by atoms with van der Waals surface area (Å²) in [5, 5.41) is 12.2. The van der Waals surface area contributed by atoms with Gasteiger partial charge in [-0.1, -0.05) is 22.8 Å². The number of piperidine rings is 1. The lowest BCUT2D eigenvalue weighted by molar-refractivity contribution is 0.209. The summed E-state index contributed by atoms with van der Waals surface area (Å²) in [7, 11) is 0. The van der Waals surface area contributed by atoms with Crippen LogP contribution in [0.5, 0.6) is 0 Å². The predicted molar refractivity (Wildman–Crippen MR) is 85.6 cm³/mol. The van der Waals surface area contributed by atoms with Crippen molar-refractivity contribution in [3.8, 4) is 0 Å². The minimum Gasteiger partial charge on any atom is -0.409 e. The number of likely N-dealkylation sites (tertiary alicyclic amines) is 1. The van der Waals surface area contributed by atoms with Crippen molar-refractivity contribution >= 4 is 29.2 Å². The maximum atomic E-state index is 13.4. The fourth-order valence-corrected chi connectivity index (χ4v) is 3.58. The molecule has 0 aromatic heterocycles. The number of nitrogens with two attached hydrogens (primary N) is 1. The Labute approximate surface area is 133 Å². The third-order valence-corrected chi connectivity index (χ3v) is 5.72. The van der Waals surface area contributed by atoms with Crippen molar-refractivity contribution in [3.63, 3.8) is 0 Å². The average Bonchev–Trinajstić information content (AvgIpc) is 2.51. The van der Waals surface area contributed by atoms with E-state index in [4.69, 9.17) is 22.5 Å². The summed E-state index contributed by atoms with van der Waals surface area (Å²) in [5.74, 6) is -0.103. The minimum absolute atomic E-state index is 0.144. The molecule has 0 amide bonds. The Bertz CT molecular complexity index is 533. The van der Waals surface area contributed by atoms with Gasteiger partial charge in [0.05, 0.1) is 9.77 Å². The number of hydrogen-bond acceptors (Lipinski definition) is 4. The van der Waals surface area contributed by atoms with Crippen LogP contribution in [-0.4, -0.2) is 40.0 Å². The maximum absolute atomic E-state index is 13.4. The summed E-state index contributed by atoms with van der Waals surface area (Å²) >= 11 is 7.31. The molecule has 1 aliphatic heterocycles. The van der Waals surface area contributed by atoms with E-state index in [0.717, 1.165) is 31.5 Å². The van der Waals surface area contributed by atoms with E-state index in [-0.39, 0.29) is 21.4 Å². The molecule has 0 unspecified atom stereocenters. The molecule has 1 aliphatic rings. The molecule has 21 heavy (non-hydrogen) atoms. The van der Waals surface area contributed by atoms with Crippen molar-refractivity contribution in [1.29, 1.82) is 0 Å². The predicted octanol–water partition coefficient (Wildman–Crippen LogP) is 2.92. The Kier molecular flexibility index (Phi) is 5.35. The first-order chi connectivity index (χ1) is 10.0. The van der Waals surface area contributed by atoms with E-state index in [2.05, 4.69) is 10.1 Å². The smallest absolute Gasteiger partial charge is 0.155 e. The molecule has 7 heteroatoms. The number of rotatable bonds is 4. The van der Waals surface area contributed by atoms with Gasteiger partial charge < -0.3 is 10.9 Å². The summed E-state index contributed by atoms with van der Waals surface area (Å²) < 4.78 is 13.2. The highest BCUT2D eigenvalue weighted by atomic mass is 35.5. The Morgan fingerprint density at radius 1 is 1.52 bits per heavy atom. The topological polar surface area (TPSA) is 61.9 Å². The molecule has 0 aliphatic carbocycles. The van der Waals surface area contributed by atoms with Crippen LogP contribution in [0.1, 0.15) is 18.4 Å². The second-order valence-electron chi connectivity index (χ2n) is 5.21. The van der Waals surface area contributed by atoms with Crippen molar-refractivity contribution in [1.82, 2.24) is 4.90 Å². The molecule has 116 valence electrons. The molecule has 0 radical (unpaired) electrons. The number of halogens is 2. The van der Waals surface area contributed by atoms with E-state index >= 15 is 0 Å². The number of benzene rings is 1. The molecule has 1 aromatic carbocycles. The number of oxime groups is 1. The van der Waals surface area contributed by atoms with Gasteiger partial charge in [0, 0.05) is 19.6 Å². The Hall–Kier alpha value is -0.980. The molecule has 4 nitrogen and oxygen atoms in total. The quantitative estimate of drug-likeness (QED) is 0.385. The summed E-state index contributed by atoms with van der Waals surface area (Å²) in [5.41, 5.74) is 6.72. The first kappa shape index (κ1) is 16.4. The second kappa shape index (κ2) is 6.85. The molecule has 1 saturated heterocycles. The van der Waals surface area contributed by atoms with E-state index in [1.807, 2.05) is 12.3 Å². The largest absolute Gasteiger partial charge is 0.409 e. The lowest BCUT2D eigenvalue weighted by Gasteiger charge is -2.39. The molecular weight excluding hydrogens is 313 g/mol. The highest BCUT2D eigenvalue weighted by Gasteiger charge is 2.38. The summed E-state index contributed by atoms with van der Waals surface area (Å²) in [6.07, 6.45) is 3.59. The number of nitrogens with zero attached hydrogens (tertiary/aromatic N) is 2. The molecule has 0 saturated carbocycles. The Morgan fingerprint density at radius 2 is 2.19 bits per heavy atom. The monoisotopic (exact) mass is 331 g/mol. The third-order valence-electron chi connectivity index (χ3n) is 4.02. The number of thioether (sulfide) groups is 1. The summed E-state index contributed by atoms with van der Waals surface area (Å²) in [6.45, 7) is 2.32. The maximum Gasteiger partial charge on any atom is 0.155 e. The van der Waals surface area contributed by atoms with E-state index < -0.39 is 0 Å². The van der Waals surface area contributed by atoms with Crippen molar-refractivity contribution in [2.75, 3.05) is 19.3 Å². The van der Waals surface area contributed by atoms with Crippen LogP contribution in [0.4, 0.5) is 4.39 Å². The molecule has 2 rings (SSSR count). The molecule has 3 N–H and O–H groups in total. The molecule has 0 spiro atoms. The van der Waals surface area contributed by atoms with Crippen LogP contribution >= 0.6 is 23.4 Å². The van der Waals surface area contributed by atoms with Gasteiger partial charge in [-0.3, -0.25) is 4.90 Å². The number of amidine groups is 1. The highest BCUT2D eigenvalue weighted by molar-refractivity contribution is 8.00. The van der Waals surface area contributed by atoms with Crippen molar-refractivity contribution in [2.45, 2.75) is 24.1 Å². The fourth-order valence-electron chi connectivity index (χ4n) is 2.62. The van der Waals surface area contributed by atoms with Gasteiger partial charge in [0.15, 0.2) is 5.84 Å². The SMILES string of the molecule is CSC1(/C(N)=N/O)CCN(Cc2ccc(Cl)c(F)c2)CC1. The normalized spacial score (nSPS) is 19.7. The van der Waals surface area contributed by atoms with Crippen LogP contribution in [0.25, 0.3) is 0 Å². The van der Waals surface area contributed by atoms with Crippen LogP contribution in [0.3, 0.4) is 0 Å². The van der Waals surface area contributed by atoms with Gasteiger partial charge in [-0.15, -0.1) is 0 Å². The van der Waals surface area contributed by atoms with Crippen LogP contribution in [0.2, 0.25) is 5.02 Å². The molecule has 1 fully saturated rings. The van der Waals surface area contributed by atoms with Gasteiger partial charge in [0.25, 0.3) is 0 Å². The van der Waals surface area contributed by atoms with Gasteiger partial charge in [0.1, 0.15) is 5.82 Å². The number of hydrogen-bond donors (Lipinski definition) is 2. The van der Waals surface area contributed by atoms with Crippen molar-refractivity contribution in [2.24, 2.45) is 10.9 Å². The molecular formula is C14H19ClFN3OS. The van der Waals surface area contributed by atoms with E-state index in [1.54, 1.807) is 17.8 Å². The third kappa shape index (κ3) is 3.62. The first-order valence-corrected chi connectivity index (χ1v) is 8.30. The lowest BCUT2D eigenvalue weighted by atomic mass is 9.94. The van der Waals surface area contributed by atoms with Crippen molar-refractivity contribution < 1.29 is 9.60 Å². The van der Waals surface area contributed by atoms with Gasteiger partial charge in [0.2, 0.25) is 0 Å². The van der Waals surface area contributed by atoms with Crippen LogP contribution in [-0.2, 0) is 6.54 Å². The summed E-state index contributed by atoms with van der Waals surface area (Å²) in [6, 6.07) is 4.90. The van der Waals surface area contributed by atoms with E-state index in [0.29, 0.717) is 6.54 Å². The molecule has 1 heterocycles. The van der Waals surface area contributed by atoms with Gasteiger partial charge >= 0.3 is 0 Å². The van der Waals surface area contributed by atoms with Crippen LogP contribution in [0.15, 0.2) is 23.4 Å². The van der Waals surface area contributed by atoms with Gasteiger partial charge in [-0.2, -0.15) is 11.8 Å². The zero-order valence-electron chi connectivity index (χ0n) is 11.9. The van der Waals surface area contributed by atoms with Crippen molar-refractivity contribution in [3.05, 3.63) is 34.6 Å². The average molecular weight is 332 g/mol. The van der Waals surface area contributed by atoms with Crippen LogP contribution < -0.4 is 5.73 Å². The Morgan fingerprint density at radius 3 is 2.71 bits per heavy atom. The van der Waals surface area contributed by atoms with E-state index in [1.165, 1.54) is 6.07 Å². The summed E-state index contributed by atoms with van der Waals surface area (Å²) in [4.78, 5) is 2.24. The van der Waals surface area contributed by atoms with Crippen LogP contribution in [0, 0.1) is 5.82 Å². The lowest BCUT2D eigenvalue weighted by Crippen LogP contribution is -2.49. The first-order valence-electron chi connectivity index (χ1n) is 6.70. The Balaban J connectivity index is 1.99. The second-order valence-corrected chi connectivity index (χ2v) is 6.81. The molecule has 1 aromatic rings. The molecule has 0 bridgehead atoms. The molecule has 0 atom stereocenters. The highest BCUT2D eigenvalue weighted by Crippen LogP contribution is 2.35. The fraction of sp³-hybridized carbons (Fsp3) is 0.500. The van der Waals surface area contributed by atoms with E-state index in [9.17, 15) is 4.39 Å². The standard InChI is InChI=1S/C14H19ClFN3OS/c1-21-14(13(17)18-20)4-6-19(7-5-14)9-10-2-3-11(15)12(16)8-10/h2-3,8,20H,4-7,9H2,1H3,(H2,17,18). The zero-order valence-corrected chi connectivity index (χ0v) is 13.4. The minimum atomic E-state index is -0.388. The van der Waals surface area contributed by atoms with Gasteiger partial charge in [-0.25, -0.2) is 4.39 Å². The zero-order chi connectivity index (χ0) is 15.5. The van der Waals surface area contributed by atoms with Gasteiger partial charge in [-0.05, 0) is 36.8 Å².